The number of nitrogens with one attached hydrogen (secondary N) is 1. The number of fused-ring (bicyclic) bond motifs is 5. The second-order valence-corrected chi connectivity index (χ2v) is 21.0. The second-order valence-electron chi connectivity index (χ2n) is 21.0. The average molecular weight is 1030 g/mol. The molecule has 22 nitrogen and oxygen atoms in total. The number of alkyl carbamates (subject to hydrolysis) is 1. The number of carbonyl (C=O) groups excluding carboxylic acids is 6. The average Bonchev–Trinajstić information content (AvgIpc) is 3.32. The molecular formula is C51H65NO21. The SMILES string of the molecule is CC(=O)O[C@@]12CO[C@@H]1C[C@H](OC(=O)COC1O[C@H](CO)[C@@H](O)[C@H](O)[C@H]1O)[C@@]1(C)C(=O)[C@H](O)C3=C(C)[C@@H](OC(=O)[C@H](O)[C@@H](NC(=O)OC(C)(C)C)c4ccccc4)C[C@@](O)([C@@H](OC(=O)c4ccccc4)C12)C3(C)C. The van der Waals surface area contributed by atoms with Crippen molar-refractivity contribution in [2.75, 3.05) is 19.8 Å². The Hall–Kier alpha value is -5.40. The van der Waals surface area contributed by atoms with Gasteiger partial charge in [-0.15, -0.1) is 0 Å². The molecule has 7 rings (SSSR count). The Balaban J connectivity index is 1.33. The van der Waals surface area contributed by atoms with Crippen LogP contribution >= 0.6 is 0 Å². The molecule has 2 bridgehead atoms. The molecule has 2 unspecified atom stereocenters. The lowest BCUT2D eigenvalue weighted by Gasteiger charge is -2.67. The number of carbonyl (C=O) groups is 6. The lowest BCUT2D eigenvalue weighted by Crippen LogP contribution is -2.82. The molecule has 2 aromatic carbocycles. The Labute approximate surface area is 420 Å². The van der Waals surface area contributed by atoms with Crippen molar-refractivity contribution in [3.8, 4) is 0 Å². The minimum atomic E-state index is -2.55. The van der Waals surface area contributed by atoms with Crippen LogP contribution in [0.5, 0.6) is 0 Å². The molecule has 2 saturated carbocycles. The molecule has 5 aliphatic rings. The van der Waals surface area contributed by atoms with Crippen LogP contribution in [0.25, 0.3) is 0 Å². The van der Waals surface area contributed by atoms with E-state index in [-0.39, 0.29) is 28.7 Å². The van der Waals surface area contributed by atoms with Gasteiger partial charge in [-0.3, -0.25) is 9.59 Å². The maximum absolute atomic E-state index is 15.7. The third-order valence-corrected chi connectivity index (χ3v) is 15.0. The highest BCUT2D eigenvalue weighted by atomic mass is 16.7. The first kappa shape index (κ1) is 55.4. The molecule has 0 radical (unpaired) electrons. The van der Waals surface area contributed by atoms with Crippen LogP contribution in [0.15, 0.2) is 71.8 Å². The van der Waals surface area contributed by atoms with E-state index in [0.717, 1.165) is 6.92 Å². The van der Waals surface area contributed by atoms with E-state index >= 15 is 4.79 Å². The lowest BCUT2D eigenvalue weighted by molar-refractivity contribution is -0.347. The van der Waals surface area contributed by atoms with Gasteiger partial charge in [0.05, 0.1) is 36.2 Å². The van der Waals surface area contributed by atoms with Gasteiger partial charge in [-0.2, -0.15) is 0 Å². The van der Waals surface area contributed by atoms with Crippen LogP contribution in [0.4, 0.5) is 4.79 Å². The van der Waals surface area contributed by atoms with Gasteiger partial charge in [0.2, 0.25) is 0 Å². The van der Waals surface area contributed by atoms with Gasteiger partial charge in [-0.25, -0.2) is 19.2 Å². The summed E-state index contributed by atoms with van der Waals surface area (Å²) in [6, 6.07) is 14.1. The number of ether oxygens (including phenoxy) is 8. The monoisotopic (exact) mass is 1030 g/mol. The molecule has 0 spiro atoms. The van der Waals surface area contributed by atoms with Gasteiger partial charge in [-0.05, 0) is 63.5 Å². The first-order valence-corrected chi connectivity index (χ1v) is 23.9. The van der Waals surface area contributed by atoms with E-state index in [1.165, 1.54) is 39.8 Å². The molecule has 1 amide bonds. The van der Waals surface area contributed by atoms with Crippen LogP contribution < -0.4 is 5.32 Å². The second kappa shape index (κ2) is 20.7. The zero-order valence-corrected chi connectivity index (χ0v) is 41.7. The Morgan fingerprint density at radius 3 is 2.10 bits per heavy atom. The smallest absolute Gasteiger partial charge is 0.408 e. The summed E-state index contributed by atoms with van der Waals surface area (Å²) in [5, 5.41) is 81.5. The van der Waals surface area contributed by atoms with Crippen LogP contribution in [0.3, 0.4) is 0 Å². The number of aliphatic hydroxyl groups excluding tert-OH is 6. The van der Waals surface area contributed by atoms with Crippen LogP contribution in [0.2, 0.25) is 0 Å². The molecule has 2 saturated heterocycles. The standard InChI is InChI=1S/C51H65NO21/c1-24-28(68-44(63)37(58)34(26-15-11-9-12-16-26)52-46(64)73-47(3,4)5)20-51(65)42(71-43(62)27-17-13-10-14-18-27)40-49(8,41(61)36(57)33(24)48(51,6)7)30(19-31-50(40,23-67-31)72-25(2)54)70-32(55)22-66-45-39(60)38(59)35(56)29(21-53)69-45/h9-18,28-31,34-40,42,45,53,56-60,65H,19-23H2,1-8H3,(H,52,64)/t28-,29+,30-,31+,34-,35+,36+,37+,38-,39+,40?,42-,45?,49+,50-,51+/m0/s1. The third kappa shape index (κ3) is 10.1. The lowest BCUT2D eigenvalue weighted by atomic mass is 9.44. The van der Waals surface area contributed by atoms with Gasteiger partial charge in [-0.1, -0.05) is 62.4 Å². The summed E-state index contributed by atoms with van der Waals surface area (Å²) in [6.45, 7) is 9.34. The van der Waals surface area contributed by atoms with Crippen molar-refractivity contribution in [3.63, 3.8) is 0 Å². The summed E-state index contributed by atoms with van der Waals surface area (Å²) in [5.41, 5.74) is -9.47. The highest BCUT2D eigenvalue weighted by Crippen LogP contribution is 2.64. The van der Waals surface area contributed by atoms with Crippen molar-refractivity contribution < 1.29 is 102 Å². The fourth-order valence-corrected chi connectivity index (χ4v) is 11.3. The highest BCUT2D eigenvalue weighted by Gasteiger charge is 2.79. The number of Topliss-reactive ketones (excluding diaryl/α,β-unsaturated/α-hetero) is 1. The minimum Gasteiger partial charge on any atom is -0.459 e. The Morgan fingerprint density at radius 2 is 1.52 bits per heavy atom. The molecule has 73 heavy (non-hydrogen) atoms. The Bertz CT molecular complexity index is 2440. The van der Waals surface area contributed by atoms with Crippen LogP contribution in [0, 0.1) is 16.7 Å². The van der Waals surface area contributed by atoms with Crippen molar-refractivity contribution in [3.05, 3.63) is 82.9 Å². The van der Waals surface area contributed by atoms with Gasteiger partial charge in [0, 0.05) is 25.2 Å². The quantitative estimate of drug-likeness (QED) is 0.0775. The molecule has 22 heteroatoms. The van der Waals surface area contributed by atoms with Gasteiger partial charge in [0.15, 0.2) is 23.8 Å². The fraction of sp³-hybridized carbons (Fsp3) is 0.608. The van der Waals surface area contributed by atoms with Gasteiger partial charge in [0.1, 0.15) is 72.7 Å². The largest absolute Gasteiger partial charge is 0.459 e. The van der Waals surface area contributed by atoms with Gasteiger partial charge >= 0.3 is 30.0 Å². The predicted octanol–water partition coefficient (Wildman–Crippen LogP) is 0.627. The molecule has 3 aliphatic carbocycles. The fourth-order valence-electron chi connectivity index (χ4n) is 11.3. The molecule has 0 aromatic heterocycles. The maximum atomic E-state index is 15.7. The van der Waals surface area contributed by atoms with Crippen molar-refractivity contribution in [2.24, 2.45) is 16.7 Å². The van der Waals surface area contributed by atoms with Crippen molar-refractivity contribution >= 4 is 35.8 Å². The summed E-state index contributed by atoms with van der Waals surface area (Å²) in [7, 11) is 0. The van der Waals surface area contributed by atoms with E-state index in [2.05, 4.69) is 5.32 Å². The van der Waals surface area contributed by atoms with E-state index in [1.54, 1.807) is 69.3 Å². The maximum Gasteiger partial charge on any atom is 0.408 e. The summed E-state index contributed by atoms with van der Waals surface area (Å²) in [6.07, 6.45) is -21.5. The topological polar surface area (TPSA) is 330 Å². The molecule has 4 fully saturated rings. The molecule has 2 aromatic rings. The summed E-state index contributed by atoms with van der Waals surface area (Å²) < 4.78 is 46.8. The van der Waals surface area contributed by atoms with Crippen molar-refractivity contribution in [1.29, 1.82) is 0 Å². The predicted molar refractivity (Wildman–Crippen MR) is 247 cm³/mol. The normalized spacial score (nSPS) is 35.5. The molecular weight excluding hydrogens is 963 g/mol. The molecule has 400 valence electrons. The van der Waals surface area contributed by atoms with Gasteiger partial charge in [0.25, 0.3) is 0 Å². The first-order chi connectivity index (χ1) is 34.1. The number of hydrogen-bond donors (Lipinski definition) is 8. The summed E-state index contributed by atoms with van der Waals surface area (Å²) in [4.78, 5) is 84.8. The Morgan fingerprint density at radius 1 is 0.890 bits per heavy atom. The van der Waals surface area contributed by atoms with Gasteiger partial charge < -0.3 is 79.0 Å². The summed E-state index contributed by atoms with van der Waals surface area (Å²) >= 11 is 0. The van der Waals surface area contributed by atoms with Crippen LogP contribution in [0.1, 0.15) is 90.2 Å². The number of rotatable bonds is 13. The zero-order valence-electron chi connectivity index (χ0n) is 41.7. The minimum absolute atomic E-state index is 0.0237. The third-order valence-electron chi connectivity index (χ3n) is 15.0. The van der Waals surface area contributed by atoms with E-state index in [9.17, 15) is 59.7 Å². The van der Waals surface area contributed by atoms with Crippen molar-refractivity contribution in [2.45, 2.75) is 158 Å². The molecule has 2 aliphatic heterocycles. The number of hydrogen-bond acceptors (Lipinski definition) is 21. The Kier molecular flexibility index (Phi) is 15.7. The molecule has 2 heterocycles. The molecule has 16 atom stereocenters. The number of ketones is 1. The summed E-state index contributed by atoms with van der Waals surface area (Å²) in [5.74, 6) is -7.30. The highest BCUT2D eigenvalue weighted by molar-refractivity contribution is 5.94. The zero-order chi connectivity index (χ0) is 53.7. The number of benzene rings is 2. The van der Waals surface area contributed by atoms with Crippen LogP contribution in [-0.4, -0.2) is 175 Å². The van der Waals surface area contributed by atoms with Crippen LogP contribution in [-0.2, 0) is 57.1 Å². The van der Waals surface area contributed by atoms with E-state index in [4.69, 9.17) is 37.9 Å². The number of aliphatic hydroxyl groups is 7. The number of esters is 4. The first-order valence-electron chi connectivity index (χ1n) is 23.9. The van der Waals surface area contributed by atoms with Crippen molar-refractivity contribution in [1.82, 2.24) is 5.32 Å². The number of amides is 1. The molecule has 8 N–H and O–H groups in total. The van der Waals surface area contributed by atoms with E-state index in [0.29, 0.717) is 0 Å². The van der Waals surface area contributed by atoms with E-state index < -0.39 is 169 Å². The van der Waals surface area contributed by atoms with E-state index in [1.807, 2.05) is 0 Å².